The second kappa shape index (κ2) is 6.95. The summed E-state index contributed by atoms with van der Waals surface area (Å²) in [5.41, 5.74) is 0.924. The van der Waals surface area contributed by atoms with Gasteiger partial charge >= 0.3 is 5.97 Å². The van der Waals surface area contributed by atoms with Crippen LogP contribution >= 0.6 is 23.1 Å². The minimum atomic E-state index is -0.984. The van der Waals surface area contributed by atoms with Crippen molar-refractivity contribution in [3.63, 3.8) is 0 Å². The van der Waals surface area contributed by atoms with Crippen LogP contribution < -0.4 is 5.32 Å². The van der Waals surface area contributed by atoms with E-state index in [1.165, 1.54) is 36.0 Å². The van der Waals surface area contributed by atoms with E-state index in [-0.39, 0.29) is 5.91 Å². The summed E-state index contributed by atoms with van der Waals surface area (Å²) < 4.78 is 0. The van der Waals surface area contributed by atoms with Crippen molar-refractivity contribution in [1.29, 1.82) is 0 Å². The standard InChI is InChI=1S/C14H17NO3S2/c1-9-7-12(20-11(9)4-5-13(16)17)14(18)15-8-10-3-2-6-19-10/h4-5,7,10H,2-3,6,8H2,1H3,(H,15,18)(H,16,17)/b5-4+. The topological polar surface area (TPSA) is 66.4 Å². The average molecular weight is 311 g/mol. The lowest BCUT2D eigenvalue weighted by atomic mass is 10.2. The summed E-state index contributed by atoms with van der Waals surface area (Å²) in [6.07, 6.45) is 5.02. The van der Waals surface area contributed by atoms with Crippen LogP contribution in [0.3, 0.4) is 0 Å². The van der Waals surface area contributed by atoms with Crippen molar-refractivity contribution in [1.82, 2.24) is 5.32 Å². The number of nitrogens with one attached hydrogen (secondary N) is 1. The molecular weight excluding hydrogens is 294 g/mol. The zero-order valence-electron chi connectivity index (χ0n) is 11.2. The Balaban J connectivity index is 1.95. The molecule has 0 saturated carbocycles. The van der Waals surface area contributed by atoms with Gasteiger partial charge in [-0.1, -0.05) is 0 Å². The van der Waals surface area contributed by atoms with Gasteiger partial charge in [0.1, 0.15) is 0 Å². The molecule has 108 valence electrons. The highest BCUT2D eigenvalue weighted by Crippen LogP contribution is 2.26. The molecule has 2 rings (SSSR count). The first-order chi connectivity index (χ1) is 9.56. The maximum Gasteiger partial charge on any atom is 0.328 e. The van der Waals surface area contributed by atoms with E-state index in [0.717, 1.165) is 16.5 Å². The number of aryl methyl sites for hydroxylation is 1. The molecule has 1 aliphatic heterocycles. The van der Waals surface area contributed by atoms with Crippen molar-refractivity contribution in [3.8, 4) is 0 Å². The minimum Gasteiger partial charge on any atom is -0.478 e. The highest BCUT2D eigenvalue weighted by atomic mass is 32.2. The second-order valence-electron chi connectivity index (χ2n) is 4.67. The Morgan fingerprint density at radius 2 is 2.35 bits per heavy atom. The van der Waals surface area contributed by atoms with Crippen LogP contribution in [0.1, 0.15) is 33.0 Å². The number of thioether (sulfide) groups is 1. The van der Waals surface area contributed by atoms with Gasteiger partial charge in [-0.25, -0.2) is 4.79 Å². The highest BCUT2D eigenvalue weighted by molar-refractivity contribution is 8.00. The largest absolute Gasteiger partial charge is 0.478 e. The maximum atomic E-state index is 12.1. The van der Waals surface area contributed by atoms with Crippen LogP contribution in [-0.2, 0) is 4.79 Å². The molecule has 0 aromatic carbocycles. The molecule has 1 saturated heterocycles. The molecule has 0 radical (unpaired) electrons. The molecule has 1 atom stereocenters. The first kappa shape index (κ1) is 15.1. The fourth-order valence-electron chi connectivity index (χ4n) is 2.02. The lowest BCUT2D eigenvalue weighted by molar-refractivity contribution is -0.131. The zero-order valence-corrected chi connectivity index (χ0v) is 12.9. The van der Waals surface area contributed by atoms with Gasteiger partial charge in [0.2, 0.25) is 0 Å². The average Bonchev–Trinajstić information content (AvgIpc) is 3.03. The number of carboxylic acids is 1. The third-order valence-electron chi connectivity index (χ3n) is 3.07. The summed E-state index contributed by atoms with van der Waals surface area (Å²) in [6, 6.07) is 1.81. The molecule has 0 aliphatic carbocycles. The van der Waals surface area contributed by atoms with Crippen molar-refractivity contribution < 1.29 is 14.7 Å². The van der Waals surface area contributed by atoms with E-state index < -0.39 is 5.97 Å². The van der Waals surface area contributed by atoms with Crippen molar-refractivity contribution >= 4 is 41.1 Å². The first-order valence-electron chi connectivity index (χ1n) is 6.47. The normalized spacial score (nSPS) is 18.6. The van der Waals surface area contributed by atoms with Gasteiger partial charge in [0, 0.05) is 22.7 Å². The van der Waals surface area contributed by atoms with E-state index in [2.05, 4.69) is 5.32 Å². The highest BCUT2D eigenvalue weighted by Gasteiger charge is 2.17. The van der Waals surface area contributed by atoms with Gasteiger partial charge in [-0.3, -0.25) is 4.79 Å². The number of aliphatic carboxylic acids is 1. The Bertz CT molecular complexity index is 531. The predicted molar refractivity (Wildman–Crippen MR) is 83.5 cm³/mol. The van der Waals surface area contributed by atoms with E-state index in [9.17, 15) is 9.59 Å². The molecule has 20 heavy (non-hydrogen) atoms. The summed E-state index contributed by atoms with van der Waals surface area (Å²) in [4.78, 5) is 24.0. The van der Waals surface area contributed by atoms with E-state index in [1.807, 2.05) is 24.8 Å². The Kier molecular flexibility index (Phi) is 5.25. The number of hydrogen-bond acceptors (Lipinski definition) is 4. The summed E-state index contributed by atoms with van der Waals surface area (Å²) in [6.45, 7) is 2.59. The number of rotatable bonds is 5. The number of carbonyl (C=O) groups is 2. The quantitative estimate of drug-likeness (QED) is 0.821. The van der Waals surface area contributed by atoms with Crippen LogP contribution in [0.25, 0.3) is 6.08 Å². The molecule has 6 heteroatoms. The molecule has 1 fully saturated rings. The van der Waals surface area contributed by atoms with Gasteiger partial charge in [0.05, 0.1) is 4.88 Å². The Morgan fingerprint density at radius 3 is 3.00 bits per heavy atom. The Hall–Kier alpha value is -1.27. The van der Waals surface area contributed by atoms with Crippen LogP contribution in [0.15, 0.2) is 12.1 Å². The maximum absolute atomic E-state index is 12.1. The number of carbonyl (C=O) groups excluding carboxylic acids is 1. The van der Waals surface area contributed by atoms with E-state index in [4.69, 9.17) is 5.11 Å². The van der Waals surface area contributed by atoms with Gasteiger partial charge < -0.3 is 10.4 Å². The van der Waals surface area contributed by atoms with Gasteiger partial charge in [-0.05, 0) is 43.2 Å². The second-order valence-corrected chi connectivity index (χ2v) is 7.17. The molecule has 2 heterocycles. The number of carboxylic acid groups (broad SMARTS) is 1. The molecule has 1 aromatic heterocycles. The fraction of sp³-hybridized carbons (Fsp3) is 0.429. The summed E-state index contributed by atoms with van der Waals surface area (Å²) in [5.74, 6) is 0.130. The zero-order chi connectivity index (χ0) is 14.5. The molecular formula is C14H17NO3S2. The van der Waals surface area contributed by atoms with Gasteiger partial charge in [0.25, 0.3) is 5.91 Å². The Labute approximate surface area is 126 Å². The van der Waals surface area contributed by atoms with Crippen molar-refractivity contribution in [3.05, 3.63) is 27.5 Å². The molecule has 2 N–H and O–H groups in total. The fourth-order valence-corrected chi connectivity index (χ4v) is 4.21. The van der Waals surface area contributed by atoms with Crippen LogP contribution in [0.2, 0.25) is 0 Å². The van der Waals surface area contributed by atoms with Crippen LogP contribution in [0.4, 0.5) is 0 Å². The van der Waals surface area contributed by atoms with Crippen LogP contribution in [0, 0.1) is 6.92 Å². The number of hydrogen-bond donors (Lipinski definition) is 2. The smallest absolute Gasteiger partial charge is 0.328 e. The minimum absolute atomic E-state index is 0.0689. The lowest BCUT2D eigenvalue weighted by Crippen LogP contribution is -2.29. The summed E-state index contributed by atoms with van der Waals surface area (Å²) >= 11 is 3.23. The van der Waals surface area contributed by atoms with Crippen molar-refractivity contribution in [2.24, 2.45) is 0 Å². The number of amides is 1. The van der Waals surface area contributed by atoms with E-state index in [1.54, 1.807) is 0 Å². The molecule has 1 aliphatic rings. The molecule has 4 nitrogen and oxygen atoms in total. The van der Waals surface area contributed by atoms with Crippen LogP contribution in [0.5, 0.6) is 0 Å². The monoisotopic (exact) mass is 311 g/mol. The molecule has 1 amide bonds. The van der Waals surface area contributed by atoms with Gasteiger partial charge in [-0.15, -0.1) is 11.3 Å². The lowest BCUT2D eigenvalue weighted by Gasteiger charge is -2.08. The third kappa shape index (κ3) is 4.11. The molecule has 1 aromatic rings. The van der Waals surface area contributed by atoms with E-state index >= 15 is 0 Å². The SMILES string of the molecule is Cc1cc(C(=O)NCC2CCCS2)sc1/C=C/C(=O)O. The van der Waals surface area contributed by atoms with Crippen molar-refractivity contribution in [2.75, 3.05) is 12.3 Å². The first-order valence-corrected chi connectivity index (χ1v) is 8.34. The van der Waals surface area contributed by atoms with Gasteiger partial charge in [-0.2, -0.15) is 11.8 Å². The van der Waals surface area contributed by atoms with E-state index in [0.29, 0.717) is 16.7 Å². The summed E-state index contributed by atoms with van der Waals surface area (Å²) in [5, 5.41) is 12.1. The molecule has 1 unspecified atom stereocenters. The number of thiophene rings is 1. The molecule has 0 spiro atoms. The molecule has 0 bridgehead atoms. The summed E-state index contributed by atoms with van der Waals surface area (Å²) in [7, 11) is 0. The van der Waals surface area contributed by atoms with Crippen molar-refractivity contribution in [2.45, 2.75) is 25.0 Å². The Morgan fingerprint density at radius 1 is 1.55 bits per heavy atom. The predicted octanol–water partition coefficient (Wildman–Crippen LogP) is 2.78. The third-order valence-corrected chi connectivity index (χ3v) is 5.67. The van der Waals surface area contributed by atoms with Crippen LogP contribution in [-0.4, -0.2) is 34.5 Å². The van der Waals surface area contributed by atoms with Gasteiger partial charge in [0.15, 0.2) is 0 Å².